The van der Waals surface area contributed by atoms with Crippen LogP contribution < -0.4 is 5.32 Å². The summed E-state index contributed by atoms with van der Waals surface area (Å²) in [7, 11) is 1.86. The molecule has 0 aromatic rings. The Labute approximate surface area is 81.1 Å². The van der Waals surface area contributed by atoms with Gasteiger partial charge in [-0.1, -0.05) is 19.8 Å². The zero-order valence-corrected chi connectivity index (χ0v) is 8.97. The van der Waals surface area contributed by atoms with E-state index in [2.05, 4.69) is 12.2 Å². The van der Waals surface area contributed by atoms with Gasteiger partial charge in [-0.25, -0.2) is 0 Å². The van der Waals surface area contributed by atoms with Crippen LogP contribution in [0.4, 0.5) is 0 Å². The summed E-state index contributed by atoms with van der Waals surface area (Å²) in [5.41, 5.74) is 0. The molecule has 13 heavy (non-hydrogen) atoms. The van der Waals surface area contributed by atoms with Crippen LogP contribution in [0.5, 0.6) is 0 Å². The monoisotopic (exact) mass is 183 g/mol. The molecule has 2 heteroatoms. The fourth-order valence-electron chi connectivity index (χ4n) is 2.04. The molecule has 1 N–H and O–H groups in total. The largest absolute Gasteiger partial charge is 0.311 e. The van der Waals surface area contributed by atoms with E-state index in [0.29, 0.717) is 11.7 Å². The van der Waals surface area contributed by atoms with Crippen molar-refractivity contribution in [3.63, 3.8) is 0 Å². The third-order valence-corrected chi connectivity index (χ3v) is 3.28. The number of hydrogen-bond donors (Lipinski definition) is 1. The number of Topliss-reactive ketones (excluding diaryl/α,β-unsaturated/α-hetero) is 1. The normalized spacial score (nSPS) is 31.3. The van der Waals surface area contributed by atoms with Gasteiger partial charge in [0.05, 0.1) is 6.04 Å². The second-order valence-corrected chi connectivity index (χ2v) is 4.37. The highest BCUT2D eigenvalue weighted by Gasteiger charge is 2.26. The molecule has 2 nitrogen and oxygen atoms in total. The number of rotatable bonds is 3. The van der Waals surface area contributed by atoms with Crippen LogP contribution in [0.25, 0.3) is 0 Å². The summed E-state index contributed by atoms with van der Waals surface area (Å²) < 4.78 is 0. The molecule has 0 radical (unpaired) electrons. The predicted molar refractivity (Wildman–Crippen MR) is 54.7 cm³/mol. The Hall–Kier alpha value is -0.370. The van der Waals surface area contributed by atoms with Gasteiger partial charge < -0.3 is 5.32 Å². The van der Waals surface area contributed by atoms with Crippen molar-refractivity contribution < 1.29 is 4.79 Å². The Morgan fingerprint density at radius 3 is 2.31 bits per heavy atom. The van der Waals surface area contributed by atoms with Gasteiger partial charge in [-0.05, 0) is 32.7 Å². The highest BCUT2D eigenvalue weighted by atomic mass is 16.1. The quantitative estimate of drug-likeness (QED) is 0.725. The topological polar surface area (TPSA) is 29.1 Å². The lowest BCUT2D eigenvalue weighted by Gasteiger charge is -2.26. The lowest BCUT2D eigenvalue weighted by Crippen LogP contribution is -2.37. The van der Waals surface area contributed by atoms with Crippen molar-refractivity contribution in [2.75, 3.05) is 7.05 Å². The van der Waals surface area contributed by atoms with E-state index in [0.717, 1.165) is 18.8 Å². The molecule has 0 amide bonds. The molecular weight excluding hydrogens is 162 g/mol. The van der Waals surface area contributed by atoms with Gasteiger partial charge in [-0.2, -0.15) is 0 Å². The molecular formula is C11H21NO. The van der Waals surface area contributed by atoms with E-state index in [9.17, 15) is 4.79 Å². The van der Waals surface area contributed by atoms with E-state index in [-0.39, 0.29) is 6.04 Å². The average molecular weight is 183 g/mol. The fraction of sp³-hybridized carbons (Fsp3) is 0.909. The second-order valence-electron chi connectivity index (χ2n) is 4.37. The highest BCUT2D eigenvalue weighted by Crippen LogP contribution is 2.29. The molecule has 0 saturated heterocycles. The summed E-state index contributed by atoms with van der Waals surface area (Å²) in [6, 6.07) is 0.0402. The van der Waals surface area contributed by atoms with E-state index in [1.807, 2.05) is 14.0 Å². The lowest BCUT2D eigenvalue weighted by molar-refractivity contribution is -0.125. The Bertz CT molecular complexity index is 171. The third-order valence-electron chi connectivity index (χ3n) is 3.28. The molecule has 1 aliphatic carbocycles. The zero-order valence-electron chi connectivity index (χ0n) is 8.97. The van der Waals surface area contributed by atoms with Crippen molar-refractivity contribution in [3.8, 4) is 0 Å². The van der Waals surface area contributed by atoms with Gasteiger partial charge in [0.2, 0.25) is 0 Å². The molecule has 0 aromatic carbocycles. The first-order chi connectivity index (χ1) is 6.15. The minimum atomic E-state index is 0.0402. The van der Waals surface area contributed by atoms with Crippen molar-refractivity contribution in [2.45, 2.75) is 45.6 Å². The van der Waals surface area contributed by atoms with Crippen LogP contribution in [0.2, 0.25) is 0 Å². The van der Waals surface area contributed by atoms with Crippen molar-refractivity contribution in [1.82, 2.24) is 5.32 Å². The highest BCUT2D eigenvalue weighted by molar-refractivity contribution is 5.85. The lowest BCUT2D eigenvalue weighted by atomic mass is 9.79. The fourth-order valence-corrected chi connectivity index (χ4v) is 2.04. The van der Waals surface area contributed by atoms with E-state index >= 15 is 0 Å². The second kappa shape index (κ2) is 4.75. The molecule has 0 bridgehead atoms. The Kier molecular flexibility index (Phi) is 3.91. The SMILES string of the molecule is CNC(C)C(=O)C1CCC(C)CC1. The molecule has 0 spiro atoms. The van der Waals surface area contributed by atoms with Gasteiger partial charge in [0, 0.05) is 5.92 Å². The van der Waals surface area contributed by atoms with Gasteiger partial charge in [-0.15, -0.1) is 0 Å². The summed E-state index contributed by atoms with van der Waals surface area (Å²) in [5.74, 6) is 1.57. The first kappa shape index (κ1) is 10.7. The third kappa shape index (κ3) is 2.80. The van der Waals surface area contributed by atoms with Crippen LogP contribution in [0.15, 0.2) is 0 Å². The van der Waals surface area contributed by atoms with Crippen LogP contribution >= 0.6 is 0 Å². The Balaban J connectivity index is 2.40. The first-order valence-corrected chi connectivity index (χ1v) is 5.36. The maximum atomic E-state index is 11.8. The van der Waals surface area contributed by atoms with Crippen molar-refractivity contribution in [1.29, 1.82) is 0 Å². The summed E-state index contributed by atoms with van der Waals surface area (Å²) in [6.45, 7) is 4.24. The van der Waals surface area contributed by atoms with Crippen LogP contribution in [0, 0.1) is 11.8 Å². The van der Waals surface area contributed by atoms with Crippen LogP contribution in [0.1, 0.15) is 39.5 Å². The van der Waals surface area contributed by atoms with Gasteiger partial charge in [-0.3, -0.25) is 4.79 Å². The maximum Gasteiger partial charge on any atom is 0.152 e. The number of carbonyl (C=O) groups is 1. The van der Waals surface area contributed by atoms with Gasteiger partial charge in [0.1, 0.15) is 0 Å². The zero-order chi connectivity index (χ0) is 9.84. The molecule has 1 rings (SSSR count). The summed E-state index contributed by atoms with van der Waals surface area (Å²) in [5, 5.41) is 3.02. The molecule has 76 valence electrons. The maximum absolute atomic E-state index is 11.8. The van der Waals surface area contributed by atoms with Crippen LogP contribution in [-0.2, 0) is 4.79 Å². The first-order valence-electron chi connectivity index (χ1n) is 5.36. The van der Waals surface area contributed by atoms with Gasteiger partial charge >= 0.3 is 0 Å². The van der Waals surface area contributed by atoms with Crippen molar-refractivity contribution >= 4 is 5.78 Å². The number of ketones is 1. The van der Waals surface area contributed by atoms with Crippen molar-refractivity contribution in [3.05, 3.63) is 0 Å². The minimum Gasteiger partial charge on any atom is -0.311 e. The molecule has 1 saturated carbocycles. The Morgan fingerprint density at radius 2 is 1.85 bits per heavy atom. The predicted octanol–water partition coefficient (Wildman–Crippen LogP) is 1.99. The summed E-state index contributed by atoms with van der Waals surface area (Å²) >= 11 is 0. The van der Waals surface area contributed by atoms with E-state index in [1.165, 1.54) is 12.8 Å². The molecule has 0 aromatic heterocycles. The summed E-state index contributed by atoms with van der Waals surface area (Å²) in [6.07, 6.45) is 4.66. The number of likely N-dealkylation sites (N-methyl/N-ethyl adjacent to an activating group) is 1. The average Bonchev–Trinajstić information content (AvgIpc) is 2.17. The molecule has 0 aliphatic heterocycles. The molecule has 0 heterocycles. The minimum absolute atomic E-state index is 0.0402. The Morgan fingerprint density at radius 1 is 1.31 bits per heavy atom. The molecule has 1 aliphatic rings. The van der Waals surface area contributed by atoms with Crippen LogP contribution in [0.3, 0.4) is 0 Å². The van der Waals surface area contributed by atoms with E-state index in [4.69, 9.17) is 0 Å². The van der Waals surface area contributed by atoms with Gasteiger partial charge in [0.25, 0.3) is 0 Å². The standard InChI is InChI=1S/C11H21NO/c1-8-4-6-10(7-5-8)11(13)9(2)12-3/h8-10,12H,4-7H2,1-3H3. The molecule has 1 fully saturated rings. The number of carbonyl (C=O) groups excluding carboxylic acids is 1. The molecule has 1 unspecified atom stereocenters. The summed E-state index contributed by atoms with van der Waals surface area (Å²) in [4.78, 5) is 11.8. The van der Waals surface area contributed by atoms with E-state index in [1.54, 1.807) is 0 Å². The number of hydrogen-bond acceptors (Lipinski definition) is 2. The number of nitrogens with one attached hydrogen (secondary N) is 1. The van der Waals surface area contributed by atoms with Crippen molar-refractivity contribution in [2.24, 2.45) is 11.8 Å². The van der Waals surface area contributed by atoms with Crippen LogP contribution in [-0.4, -0.2) is 18.9 Å². The molecule has 1 atom stereocenters. The van der Waals surface area contributed by atoms with E-state index < -0.39 is 0 Å². The van der Waals surface area contributed by atoms with Gasteiger partial charge in [0.15, 0.2) is 5.78 Å². The smallest absolute Gasteiger partial charge is 0.152 e.